The summed E-state index contributed by atoms with van der Waals surface area (Å²) in [7, 11) is 0. The highest BCUT2D eigenvalue weighted by Crippen LogP contribution is 2.23. The van der Waals surface area contributed by atoms with Gasteiger partial charge in [0, 0.05) is 29.0 Å². The number of nitrogens with one attached hydrogen (secondary N) is 1. The third-order valence-corrected chi connectivity index (χ3v) is 6.18. The molecular weight excluding hydrogens is 414 g/mol. The summed E-state index contributed by atoms with van der Waals surface area (Å²) in [6, 6.07) is 15.7. The maximum Gasteiger partial charge on any atom is 0.244 e. The quantitative estimate of drug-likeness (QED) is 0.413. The average molecular weight is 434 g/mol. The van der Waals surface area contributed by atoms with Crippen molar-refractivity contribution < 1.29 is 4.79 Å². The predicted octanol–water partition coefficient (Wildman–Crippen LogP) is 4.91. The average Bonchev–Trinajstić information content (AvgIpc) is 3.43. The number of anilines is 1. The first kappa shape index (κ1) is 18.9. The molecule has 1 N–H and O–H groups in total. The molecule has 3 heterocycles. The van der Waals surface area contributed by atoms with Gasteiger partial charge in [-0.1, -0.05) is 24.3 Å². The van der Waals surface area contributed by atoms with E-state index in [1.807, 2.05) is 81.5 Å². The second-order valence-electron chi connectivity index (χ2n) is 6.88. The molecule has 150 valence electrons. The number of thioether (sulfide) groups is 1. The fourth-order valence-electron chi connectivity index (χ4n) is 3.48. The Labute approximate surface area is 181 Å². The number of nitrogens with zero attached hydrogens (tertiary/aromatic N) is 4. The molecule has 0 radical (unpaired) electrons. The van der Waals surface area contributed by atoms with Crippen molar-refractivity contribution in [3.63, 3.8) is 0 Å². The van der Waals surface area contributed by atoms with Crippen molar-refractivity contribution in [2.24, 2.45) is 0 Å². The third kappa shape index (κ3) is 3.59. The summed E-state index contributed by atoms with van der Waals surface area (Å²) in [6.45, 7) is 0.232. The molecule has 3 aromatic heterocycles. The number of hydrogen-bond acceptors (Lipinski definition) is 5. The minimum atomic E-state index is -0.0734. The highest BCUT2D eigenvalue weighted by atomic mass is 32.2. The monoisotopic (exact) mass is 433 g/mol. The molecule has 8 heteroatoms. The molecule has 0 fully saturated rings. The van der Waals surface area contributed by atoms with Crippen molar-refractivity contribution in [3.8, 4) is 11.3 Å². The van der Waals surface area contributed by atoms with Crippen molar-refractivity contribution in [1.82, 2.24) is 18.9 Å². The van der Waals surface area contributed by atoms with E-state index in [4.69, 9.17) is 0 Å². The van der Waals surface area contributed by atoms with Crippen LogP contribution in [0.1, 0.15) is 5.82 Å². The number of imidazole rings is 2. The van der Waals surface area contributed by atoms with E-state index >= 15 is 0 Å². The molecule has 5 rings (SSSR count). The van der Waals surface area contributed by atoms with Crippen molar-refractivity contribution in [1.29, 1.82) is 0 Å². The Kier molecular flexibility index (Phi) is 5.02. The Morgan fingerprint density at radius 1 is 1.13 bits per heavy atom. The molecule has 2 aromatic carbocycles. The highest BCUT2D eigenvalue weighted by molar-refractivity contribution is 7.97. The van der Waals surface area contributed by atoms with Gasteiger partial charge in [0.05, 0.1) is 22.5 Å². The van der Waals surface area contributed by atoms with Gasteiger partial charge in [0.1, 0.15) is 12.4 Å². The van der Waals surface area contributed by atoms with Crippen LogP contribution >= 0.6 is 23.1 Å². The highest BCUT2D eigenvalue weighted by Gasteiger charge is 2.13. The fraction of sp³-hybridized carbons (Fsp3) is 0.136. The van der Waals surface area contributed by atoms with Gasteiger partial charge in [-0.05, 0) is 30.5 Å². The summed E-state index contributed by atoms with van der Waals surface area (Å²) in [4.78, 5) is 23.0. The Hall–Kier alpha value is -3.10. The van der Waals surface area contributed by atoms with Crippen LogP contribution in [-0.4, -0.2) is 31.1 Å². The van der Waals surface area contributed by atoms with Crippen LogP contribution in [0.4, 0.5) is 5.69 Å². The molecule has 0 saturated heterocycles. The van der Waals surface area contributed by atoms with Crippen molar-refractivity contribution >= 4 is 50.7 Å². The molecule has 0 atom stereocenters. The van der Waals surface area contributed by atoms with E-state index in [0.29, 0.717) is 0 Å². The van der Waals surface area contributed by atoms with Gasteiger partial charge in [0.2, 0.25) is 5.91 Å². The van der Waals surface area contributed by atoms with Gasteiger partial charge < -0.3 is 9.88 Å². The van der Waals surface area contributed by atoms with Gasteiger partial charge in [-0.2, -0.15) is 11.8 Å². The normalized spacial score (nSPS) is 11.4. The van der Waals surface area contributed by atoms with Crippen LogP contribution in [0, 0.1) is 0 Å². The summed E-state index contributed by atoms with van der Waals surface area (Å²) in [5, 5.41) is 5.01. The lowest BCUT2D eigenvalue weighted by Crippen LogP contribution is -2.20. The van der Waals surface area contributed by atoms with E-state index in [2.05, 4.69) is 15.3 Å². The standard InChI is InChI=1S/C22H19N5OS2/c1-29-14-20-24-17-4-2-3-5-19(17)27(20)13-21(28)23-16-8-6-15(7-9-16)18-12-26-10-11-30-22(26)25-18/h2-12H,13-14H2,1H3,(H,23,28). The van der Waals surface area contributed by atoms with Crippen LogP contribution in [0.25, 0.3) is 27.3 Å². The number of amides is 1. The molecule has 0 saturated carbocycles. The van der Waals surface area contributed by atoms with Crippen LogP contribution in [-0.2, 0) is 17.1 Å². The number of fused-ring (bicyclic) bond motifs is 2. The summed E-state index contributed by atoms with van der Waals surface area (Å²) >= 11 is 3.30. The summed E-state index contributed by atoms with van der Waals surface area (Å²) in [5.74, 6) is 1.60. The molecule has 0 aliphatic carbocycles. The number of aromatic nitrogens is 4. The molecule has 0 spiro atoms. The van der Waals surface area contributed by atoms with E-state index in [0.717, 1.165) is 44.5 Å². The van der Waals surface area contributed by atoms with E-state index in [1.54, 1.807) is 23.1 Å². The van der Waals surface area contributed by atoms with E-state index in [-0.39, 0.29) is 12.5 Å². The topological polar surface area (TPSA) is 64.2 Å². The number of carbonyl (C=O) groups excluding carboxylic acids is 1. The van der Waals surface area contributed by atoms with Gasteiger partial charge in [-0.15, -0.1) is 11.3 Å². The summed E-state index contributed by atoms with van der Waals surface area (Å²) in [6.07, 6.45) is 6.04. The molecule has 0 aliphatic heterocycles. The molecule has 0 bridgehead atoms. The number of thiazole rings is 1. The van der Waals surface area contributed by atoms with Crippen molar-refractivity contribution in [2.45, 2.75) is 12.3 Å². The molecule has 6 nitrogen and oxygen atoms in total. The Bertz CT molecular complexity index is 1300. The van der Waals surface area contributed by atoms with Crippen LogP contribution in [0.5, 0.6) is 0 Å². The van der Waals surface area contributed by atoms with Crippen molar-refractivity contribution in [3.05, 3.63) is 72.1 Å². The number of benzene rings is 2. The van der Waals surface area contributed by atoms with E-state index in [9.17, 15) is 4.79 Å². The van der Waals surface area contributed by atoms with Gasteiger partial charge in [-0.25, -0.2) is 9.97 Å². The Balaban J connectivity index is 1.33. The van der Waals surface area contributed by atoms with Crippen LogP contribution in [0.3, 0.4) is 0 Å². The zero-order chi connectivity index (χ0) is 20.5. The third-order valence-electron chi connectivity index (χ3n) is 4.87. The van der Waals surface area contributed by atoms with Crippen molar-refractivity contribution in [2.75, 3.05) is 11.6 Å². The molecule has 0 aliphatic rings. The Morgan fingerprint density at radius 2 is 1.97 bits per heavy atom. The molecular formula is C22H19N5OS2. The fourth-order valence-corrected chi connectivity index (χ4v) is 4.65. The largest absolute Gasteiger partial charge is 0.325 e. The first-order valence-corrected chi connectivity index (χ1v) is 11.7. The smallest absolute Gasteiger partial charge is 0.244 e. The maximum atomic E-state index is 12.7. The van der Waals surface area contributed by atoms with Crippen LogP contribution in [0.15, 0.2) is 66.3 Å². The molecule has 5 aromatic rings. The van der Waals surface area contributed by atoms with Crippen LogP contribution < -0.4 is 5.32 Å². The zero-order valence-electron chi connectivity index (χ0n) is 16.3. The van der Waals surface area contributed by atoms with Gasteiger partial charge in [0.15, 0.2) is 4.96 Å². The summed E-state index contributed by atoms with van der Waals surface area (Å²) < 4.78 is 4.00. The SMILES string of the molecule is CSCc1nc2ccccc2n1CC(=O)Nc1ccc(-c2cn3ccsc3n2)cc1. The number of carbonyl (C=O) groups is 1. The molecule has 30 heavy (non-hydrogen) atoms. The second-order valence-corrected chi connectivity index (χ2v) is 8.62. The van der Waals surface area contributed by atoms with E-state index < -0.39 is 0 Å². The maximum absolute atomic E-state index is 12.7. The van der Waals surface area contributed by atoms with Crippen LogP contribution in [0.2, 0.25) is 0 Å². The summed E-state index contributed by atoms with van der Waals surface area (Å²) in [5.41, 5.74) is 4.60. The molecule has 0 unspecified atom stereocenters. The number of para-hydroxylation sites is 2. The minimum Gasteiger partial charge on any atom is -0.325 e. The zero-order valence-corrected chi connectivity index (χ0v) is 17.9. The first-order valence-electron chi connectivity index (χ1n) is 9.47. The Morgan fingerprint density at radius 3 is 2.77 bits per heavy atom. The predicted molar refractivity (Wildman–Crippen MR) is 124 cm³/mol. The number of hydrogen-bond donors (Lipinski definition) is 1. The first-order chi connectivity index (χ1) is 14.7. The lowest BCUT2D eigenvalue weighted by Gasteiger charge is -2.10. The lowest BCUT2D eigenvalue weighted by atomic mass is 10.1. The van der Waals surface area contributed by atoms with E-state index in [1.165, 1.54) is 0 Å². The number of rotatable bonds is 6. The lowest BCUT2D eigenvalue weighted by molar-refractivity contribution is -0.116. The molecule has 1 amide bonds. The van der Waals surface area contributed by atoms with Gasteiger partial charge in [-0.3, -0.25) is 9.20 Å². The van der Waals surface area contributed by atoms with Gasteiger partial charge in [0.25, 0.3) is 0 Å². The minimum absolute atomic E-state index is 0.0734. The van der Waals surface area contributed by atoms with Gasteiger partial charge >= 0.3 is 0 Å². The second kappa shape index (κ2) is 7.97.